The molecule has 5 rings (SSSR count). The van der Waals surface area contributed by atoms with Crippen LogP contribution in [0.4, 0.5) is 0 Å². The molecule has 0 radical (unpaired) electrons. The fourth-order valence-electron chi connectivity index (χ4n) is 5.75. The first-order chi connectivity index (χ1) is 13.7. The molecule has 8 heteroatoms. The average Bonchev–Trinajstić information content (AvgIpc) is 3.27. The Bertz CT molecular complexity index is 1060. The van der Waals surface area contributed by atoms with Gasteiger partial charge in [-0.3, -0.25) is 9.78 Å². The third-order valence-electron chi connectivity index (χ3n) is 7.05. The van der Waals surface area contributed by atoms with E-state index < -0.39 is 21.4 Å². The van der Waals surface area contributed by atoms with E-state index in [0.717, 1.165) is 29.4 Å². The SMILES string of the molecule is Cc1cc2ccncc2n1CC1(O)CC2CCC(C1)N2C(=O)C1CCS(=O)(=O)C1. The zero-order valence-corrected chi connectivity index (χ0v) is 17.4. The highest BCUT2D eigenvalue weighted by Crippen LogP contribution is 2.43. The van der Waals surface area contributed by atoms with E-state index in [0.29, 0.717) is 25.8 Å². The normalized spacial score (nSPS) is 33.4. The van der Waals surface area contributed by atoms with E-state index in [-0.39, 0.29) is 29.5 Å². The van der Waals surface area contributed by atoms with Gasteiger partial charge in [0, 0.05) is 29.4 Å². The van der Waals surface area contributed by atoms with Crippen molar-refractivity contribution in [1.29, 1.82) is 0 Å². The van der Waals surface area contributed by atoms with Crippen LogP contribution in [0, 0.1) is 12.8 Å². The maximum atomic E-state index is 13.1. The lowest BCUT2D eigenvalue weighted by Crippen LogP contribution is -2.56. The molecule has 3 atom stereocenters. The van der Waals surface area contributed by atoms with Crippen molar-refractivity contribution in [3.8, 4) is 0 Å². The molecule has 1 N–H and O–H groups in total. The number of carbonyl (C=O) groups is 1. The van der Waals surface area contributed by atoms with Crippen LogP contribution in [0.1, 0.15) is 37.8 Å². The zero-order chi connectivity index (χ0) is 20.4. The molecule has 156 valence electrons. The van der Waals surface area contributed by atoms with Crippen LogP contribution >= 0.6 is 0 Å². The second-order valence-electron chi connectivity index (χ2n) is 9.17. The Morgan fingerprint density at radius 1 is 1.28 bits per heavy atom. The predicted octanol–water partition coefficient (Wildman–Crippen LogP) is 1.66. The number of rotatable bonds is 3. The van der Waals surface area contributed by atoms with Crippen molar-refractivity contribution < 1.29 is 18.3 Å². The Hall–Kier alpha value is -1.93. The lowest BCUT2D eigenvalue weighted by molar-refractivity contribution is -0.145. The molecule has 0 aliphatic carbocycles. The van der Waals surface area contributed by atoms with E-state index >= 15 is 0 Å². The smallest absolute Gasteiger partial charge is 0.227 e. The van der Waals surface area contributed by atoms with Crippen molar-refractivity contribution in [2.24, 2.45) is 5.92 Å². The molecule has 1 amide bonds. The first-order valence-electron chi connectivity index (χ1n) is 10.4. The third kappa shape index (κ3) is 3.26. The number of amides is 1. The second kappa shape index (κ2) is 6.54. The average molecular weight is 418 g/mol. The van der Waals surface area contributed by atoms with Gasteiger partial charge < -0.3 is 14.6 Å². The van der Waals surface area contributed by atoms with Crippen molar-refractivity contribution in [2.45, 2.75) is 63.3 Å². The number of aromatic nitrogens is 2. The van der Waals surface area contributed by atoms with Gasteiger partial charge in [-0.25, -0.2) is 8.42 Å². The zero-order valence-electron chi connectivity index (χ0n) is 16.6. The van der Waals surface area contributed by atoms with Crippen LogP contribution in [0.5, 0.6) is 0 Å². The van der Waals surface area contributed by atoms with E-state index in [1.807, 2.05) is 24.1 Å². The van der Waals surface area contributed by atoms with Gasteiger partial charge in [0.2, 0.25) is 5.91 Å². The van der Waals surface area contributed by atoms with Gasteiger partial charge in [-0.15, -0.1) is 0 Å². The van der Waals surface area contributed by atoms with Gasteiger partial charge in [-0.1, -0.05) is 0 Å². The first kappa shape index (κ1) is 19.1. The van der Waals surface area contributed by atoms with Crippen molar-refractivity contribution in [2.75, 3.05) is 11.5 Å². The number of fused-ring (bicyclic) bond motifs is 3. The van der Waals surface area contributed by atoms with Gasteiger partial charge in [0.25, 0.3) is 0 Å². The summed E-state index contributed by atoms with van der Waals surface area (Å²) in [5, 5.41) is 12.6. The van der Waals surface area contributed by atoms with E-state index in [9.17, 15) is 18.3 Å². The van der Waals surface area contributed by atoms with Crippen LogP contribution in [0.25, 0.3) is 10.9 Å². The molecular weight excluding hydrogens is 390 g/mol. The first-order valence-corrected chi connectivity index (χ1v) is 12.2. The number of aliphatic hydroxyl groups is 1. The lowest BCUT2D eigenvalue weighted by atomic mass is 9.85. The van der Waals surface area contributed by atoms with Crippen LogP contribution in [-0.4, -0.2) is 63.1 Å². The Kier molecular flexibility index (Phi) is 4.30. The summed E-state index contributed by atoms with van der Waals surface area (Å²) in [5.74, 6) is -0.332. The molecule has 2 aromatic rings. The molecule has 0 saturated carbocycles. The highest BCUT2D eigenvalue weighted by atomic mass is 32.2. The molecule has 3 saturated heterocycles. The minimum Gasteiger partial charge on any atom is -0.388 e. The minimum absolute atomic E-state index is 0.00480. The van der Waals surface area contributed by atoms with Crippen LogP contribution in [0.2, 0.25) is 0 Å². The number of pyridine rings is 1. The monoisotopic (exact) mass is 417 g/mol. The van der Waals surface area contributed by atoms with E-state index in [1.165, 1.54) is 0 Å². The Labute approximate surface area is 170 Å². The second-order valence-corrected chi connectivity index (χ2v) is 11.4. The molecule has 3 unspecified atom stereocenters. The van der Waals surface area contributed by atoms with Gasteiger partial charge in [-0.05, 0) is 51.2 Å². The van der Waals surface area contributed by atoms with Crippen LogP contribution < -0.4 is 0 Å². The molecule has 7 nitrogen and oxygen atoms in total. The molecule has 3 aliphatic heterocycles. The summed E-state index contributed by atoms with van der Waals surface area (Å²) >= 11 is 0. The van der Waals surface area contributed by atoms with Crippen LogP contribution in [-0.2, 0) is 21.2 Å². The predicted molar refractivity (Wildman–Crippen MR) is 109 cm³/mol. The molecule has 0 spiro atoms. The summed E-state index contributed by atoms with van der Waals surface area (Å²) in [7, 11) is -3.08. The summed E-state index contributed by atoms with van der Waals surface area (Å²) < 4.78 is 25.7. The molecule has 2 aromatic heterocycles. The molecule has 5 heterocycles. The largest absolute Gasteiger partial charge is 0.388 e. The quantitative estimate of drug-likeness (QED) is 0.820. The summed E-state index contributed by atoms with van der Waals surface area (Å²) in [6, 6.07) is 4.07. The Morgan fingerprint density at radius 3 is 2.66 bits per heavy atom. The van der Waals surface area contributed by atoms with Gasteiger partial charge in [-0.2, -0.15) is 0 Å². The molecule has 0 aromatic carbocycles. The number of carbonyl (C=O) groups excluding carboxylic acids is 1. The number of sulfone groups is 1. The van der Waals surface area contributed by atoms with Crippen LogP contribution in [0.15, 0.2) is 24.5 Å². The van der Waals surface area contributed by atoms with Crippen molar-refractivity contribution in [3.63, 3.8) is 0 Å². The van der Waals surface area contributed by atoms with Gasteiger partial charge in [0.05, 0.1) is 41.3 Å². The van der Waals surface area contributed by atoms with Crippen molar-refractivity contribution in [1.82, 2.24) is 14.5 Å². The third-order valence-corrected chi connectivity index (χ3v) is 8.82. The number of piperidine rings is 1. The standard InChI is InChI=1S/C21H27N3O4S/c1-14-8-15-4-6-22-11-19(15)23(14)13-21(26)9-17-2-3-18(10-21)24(17)20(25)16-5-7-29(27,28)12-16/h4,6,8,11,16-18,26H,2-3,5,7,9-10,12-13H2,1H3. The molecular formula is C21H27N3O4S. The van der Waals surface area contributed by atoms with Gasteiger partial charge >= 0.3 is 0 Å². The summed E-state index contributed by atoms with van der Waals surface area (Å²) in [6.45, 7) is 2.53. The Balaban J connectivity index is 1.36. The summed E-state index contributed by atoms with van der Waals surface area (Å²) in [5.41, 5.74) is 1.22. The molecule has 2 bridgehead atoms. The summed E-state index contributed by atoms with van der Waals surface area (Å²) in [4.78, 5) is 19.2. The highest BCUT2D eigenvalue weighted by molar-refractivity contribution is 7.91. The lowest BCUT2D eigenvalue weighted by Gasteiger charge is -2.45. The number of aryl methyl sites for hydroxylation is 1. The van der Waals surface area contributed by atoms with E-state index in [1.54, 1.807) is 6.20 Å². The fraction of sp³-hybridized carbons (Fsp3) is 0.619. The maximum Gasteiger partial charge on any atom is 0.227 e. The van der Waals surface area contributed by atoms with Gasteiger partial charge in [0.1, 0.15) is 0 Å². The highest BCUT2D eigenvalue weighted by Gasteiger charge is 2.51. The number of nitrogens with zero attached hydrogens (tertiary/aromatic N) is 3. The molecule has 29 heavy (non-hydrogen) atoms. The van der Waals surface area contributed by atoms with Crippen molar-refractivity contribution in [3.05, 3.63) is 30.2 Å². The van der Waals surface area contributed by atoms with Crippen LogP contribution in [0.3, 0.4) is 0 Å². The number of hydrogen-bond donors (Lipinski definition) is 1. The molecule has 3 fully saturated rings. The summed E-state index contributed by atoms with van der Waals surface area (Å²) in [6.07, 6.45) is 6.87. The number of hydrogen-bond acceptors (Lipinski definition) is 5. The van der Waals surface area contributed by atoms with Crippen molar-refractivity contribution >= 4 is 26.6 Å². The minimum atomic E-state index is -3.08. The van der Waals surface area contributed by atoms with E-state index in [2.05, 4.69) is 15.6 Å². The van der Waals surface area contributed by atoms with E-state index in [4.69, 9.17) is 0 Å². The molecule has 3 aliphatic rings. The Morgan fingerprint density at radius 2 is 2.00 bits per heavy atom. The fourth-order valence-corrected chi connectivity index (χ4v) is 7.49. The maximum absolute atomic E-state index is 13.1. The topological polar surface area (TPSA) is 92.5 Å². The van der Waals surface area contributed by atoms with Gasteiger partial charge in [0.15, 0.2) is 9.84 Å².